The van der Waals surface area contributed by atoms with Gasteiger partial charge in [-0.3, -0.25) is 24.7 Å². The van der Waals surface area contributed by atoms with Gasteiger partial charge in [0.25, 0.3) is 0 Å². The van der Waals surface area contributed by atoms with Gasteiger partial charge < -0.3 is 4.90 Å². The molecule has 0 bridgehead atoms. The molecule has 3 aliphatic rings. The van der Waals surface area contributed by atoms with Crippen LogP contribution in [-0.4, -0.2) is 60.4 Å². The van der Waals surface area contributed by atoms with Gasteiger partial charge in [0, 0.05) is 38.9 Å². The Morgan fingerprint density at radius 2 is 1.73 bits per heavy atom. The molecular weight excluding hydrogens is 380 g/mol. The highest BCUT2D eigenvalue weighted by atomic mass is 16.2. The van der Waals surface area contributed by atoms with Crippen molar-refractivity contribution in [1.82, 2.24) is 15.1 Å². The van der Waals surface area contributed by atoms with Crippen LogP contribution in [0.5, 0.6) is 0 Å². The van der Waals surface area contributed by atoms with Crippen LogP contribution in [0.3, 0.4) is 0 Å². The summed E-state index contributed by atoms with van der Waals surface area (Å²) in [5, 5.41) is 2.43. The number of hydrogen-bond acceptors (Lipinski definition) is 5. The number of barbiturate groups is 1. The molecule has 0 aromatic heterocycles. The van der Waals surface area contributed by atoms with E-state index in [1.165, 1.54) is 12.6 Å². The number of rotatable bonds is 2. The van der Waals surface area contributed by atoms with E-state index in [4.69, 9.17) is 0 Å². The monoisotopic (exact) mass is 404 g/mol. The Bertz CT molecular complexity index is 1020. The predicted molar refractivity (Wildman–Crippen MR) is 112 cm³/mol. The first-order valence-electron chi connectivity index (χ1n) is 10.2. The van der Waals surface area contributed by atoms with Crippen molar-refractivity contribution in [3.8, 4) is 0 Å². The summed E-state index contributed by atoms with van der Waals surface area (Å²) in [5.41, 5.74) is 1.93. The average molecular weight is 404 g/mol. The molecule has 154 valence electrons. The lowest BCUT2D eigenvalue weighted by atomic mass is 9.67. The molecule has 7 nitrogen and oxygen atoms in total. The second-order valence-electron chi connectivity index (χ2n) is 8.33. The van der Waals surface area contributed by atoms with E-state index in [-0.39, 0.29) is 6.04 Å². The molecule has 2 atom stereocenters. The first-order valence-corrected chi connectivity index (χ1v) is 10.2. The van der Waals surface area contributed by atoms with Gasteiger partial charge in [0.15, 0.2) is 5.41 Å². The molecule has 0 aliphatic carbocycles. The third-order valence-electron chi connectivity index (χ3n) is 6.67. The van der Waals surface area contributed by atoms with E-state index in [0.717, 1.165) is 29.2 Å². The van der Waals surface area contributed by atoms with E-state index in [9.17, 15) is 14.4 Å². The topological polar surface area (TPSA) is 73.0 Å². The van der Waals surface area contributed by atoms with Crippen LogP contribution >= 0.6 is 0 Å². The fourth-order valence-electron chi connectivity index (χ4n) is 5.12. The minimum absolute atomic E-state index is 0.297. The molecule has 4 amide bonds. The van der Waals surface area contributed by atoms with Crippen molar-refractivity contribution in [2.24, 2.45) is 5.41 Å². The predicted octanol–water partition coefficient (Wildman–Crippen LogP) is 1.63. The Balaban J connectivity index is 1.55. The summed E-state index contributed by atoms with van der Waals surface area (Å²) in [4.78, 5) is 44.3. The summed E-state index contributed by atoms with van der Waals surface area (Å²) in [6.07, 6.45) is 0.297. The lowest BCUT2D eigenvalue weighted by Gasteiger charge is -2.55. The number of amides is 4. The summed E-state index contributed by atoms with van der Waals surface area (Å²) in [6.45, 7) is 2.88. The number of piperazine rings is 1. The van der Waals surface area contributed by atoms with Crippen LogP contribution in [0.4, 0.5) is 10.5 Å². The number of anilines is 1. The van der Waals surface area contributed by atoms with Gasteiger partial charge in [-0.2, -0.15) is 0 Å². The van der Waals surface area contributed by atoms with Crippen LogP contribution in [0.25, 0.3) is 0 Å². The Kier molecular flexibility index (Phi) is 4.36. The molecular formula is C23H24N4O3. The van der Waals surface area contributed by atoms with Gasteiger partial charge >= 0.3 is 6.03 Å². The van der Waals surface area contributed by atoms with E-state index < -0.39 is 23.3 Å². The molecule has 5 rings (SSSR count). The Hall–Kier alpha value is -3.19. The number of hydrogen-bond donors (Lipinski definition) is 1. The van der Waals surface area contributed by atoms with Crippen molar-refractivity contribution in [1.29, 1.82) is 0 Å². The van der Waals surface area contributed by atoms with Gasteiger partial charge in [-0.25, -0.2) is 4.79 Å². The van der Waals surface area contributed by atoms with Gasteiger partial charge in [-0.05, 0) is 23.6 Å². The van der Waals surface area contributed by atoms with Crippen molar-refractivity contribution in [2.45, 2.75) is 19.0 Å². The van der Waals surface area contributed by atoms with Crippen molar-refractivity contribution < 1.29 is 14.4 Å². The summed E-state index contributed by atoms with van der Waals surface area (Å²) < 4.78 is 0. The molecule has 2 fully saturated rings. The number of carbonyl (C=O) groups excluding carboxylic acids is 3. The van der Waals surface area contributed by atoms with Crippen molar-refractivity contribution in [3.63, 3.8) is 0 Å². The smallest absolute Gasteiger partial charge is 0.330 e. The molecule has 3 heterocycles. The maximum absolute atomic E-state index is 13.5. The van der Waals surface area contributed by atoms with Crippen molar-refractivity contribution in [2.75, 3.05) is 31.6 Å². The Labute approximate surface area is 175 Å². The molecule has 1 N–H and O–H groups in total. The van der Waals surface area contributed by atoms with Crippen LogP contribution in [0, 0.1) is 5.41 Å². The number of urea groups is 1. The minimum atomic E-state index is -1.31. The number of nitrogens with zero attached hydrogens (tertiary/aromatic N) is 3. The van der Waals surface area contributed by atoms with Crippen LogP contribution in [0.15, 0.2) is 54.6 Å². The SMILES string of the molecule is CN1C(=O)NC(=O)[C@]2(Cc3ccccc3N3CCN(Cc4ccccc4)C[C@@H]32)C1=O. The zero-order chi connectivity index (χ0) is 20.9. The molecule has 7 heteroatoms. The average Bonchev–Trinajstić information content (AvgIpc) is 2.77. The van der Waals surface area contributed by atoms with E-state index in [1.54, 1.807) is 0 Å². The Morgan fingerprint density at radius 1 is 1.00 bits per heavy atom. The zero-order valence-electron chi connectivity index (χ0n) is 16.9. The van der Waals surface area contributed by atoms with Crippen LogP contribution < -0.4 is 10.2 Å². The minimum Gasteiger partial charge on any atom is -0.364 e. The number of para-hydroxylation sites is 1. The highest BCUT2D eigenvalue weighted by molar-refractivity contribution is 6.20. The van der Waals surface area contributed by atoms with Crippen molar-refractivity contribution >= 4 is 23.5 Å². The number of nitrogens with one attached hydrogen (secondary N) is 1. The van der Waals surface area contributed by atoms with Crippen molar-refractivity contribution in [3.05, 3.63) is 65.7 Å². The Morgan fingerprint density at radius 3 is 2.53 bits per heavy atom. The van der Waals surface area contributed by atoms with E-state index in [0.29, 0.717) is 19.5 Å². The second-order valence-corrected chi connectivity index (χ2v) is 8.33. The highest BCUT2D eigenvalue weighted by Crippen LogP contribution is 2.45. The summed E-state index contributed by atoms with van der Waals surface area (Å²) >= 11 is 0. The van der Waals surface area contributed by atoms with Gasteiger partial charge in [-0.1, -0.05) is 48.5 Å². The lowest BCUT2D eigenvalue weighted by molar-refractivity contribution is -0.153. The molecule has 1 spiro atoms. The molecule has 2 aromatic rings. The molecule has 30 heavy (non-hydrogen) atoms. The fourth-order valence-corrected chi connectivity index (χ4v) is 5.12. The number of carbonyl (C=O) groups is 3. The quantitative estimate of drug-likeness (QED) is 0.771. The molecule has 2 aromatic carbocycles. The summed E-state index contributed by atoms with van der Waals surface area (Å²) in [6, 6.07) is 17.2. The first-order chi connectivity index (χ1) is 14.5. The standard InChI is InChI=1S/C23H24N4O3/c1-25-21(29)23(20(28)24-22(25)30)13-17-9-5-6-10-18(17)27-12-11-26(15-19(23)27)14-16-7-3-2-4-8-16/h2-10,19H,11-15H2,1H3,(H,24,28,30)/t19-,23-/m1/s1. The zero-order valence-corrected chi connectivity index (χ0v) is 16.9. The third-order valence-corrected chi connectivity index (χ3v) is 6.67. The lowest BCUT2D eigenvalue weighted by Crippen LogP contribution is -2.74. The summed E-state index contributed by atoms with van der Waals surface area (Å²) in [7, 11) is 1.45. The second kappa shape index (κ2) is 6.95. The maximum atomic E-state index is 13.5. The largest absolute Gasteiger partial charge is 0.364 e. The maximum Gasteiger partial charge on any atom is 0.330 e. The highest BCUT2D eigenvalue weighted by Gasteiger charge is 2.62. The number of imide groups is 2. The van der Waals surface area contributed by atoms with E-state index in [2.05, 4.69) is 33.3 Å². The van der Waals surface area contributed by atoms with Gasteiger partial charge in [-0.15, -0.1) is 0 Å². The molecule has 3 aliphatic heterocycles. The third kappa shape index (κ3) is 2.73. The fraction of sp³-hybridized carbons (Fsp3) is 0.348. The molecule has 0 radical (unpaired) electrons. The molecule has 0 unspecified atom stereocenters. The van der Waals surface area contributed by atoms with Gasteiger partial charge in [0.1, 0.15) is 0 Å². The van der Waals surface area contributed by atoms with Crippen LogP contribution in [-0.2, 0) is 22.6 Å². The normalized spacial score (nSPS) is 26.4. The van der Waals surface area contributed by atoms with Crippen LogP contribution in [0.2, 0.25) is 0 Å². The molecule has 2 saturated heterocycles. The van der Waals surface area contributed by atoms with E-state index >= 15 is 0 Å². The van der Waals surface area contributed by atoms with E-state index in [1.807, 2.05) is 36.4 Å². The summed E-state index contributed by atoms with van der Waals surface area (Å²) in [5.74, 6) is -0.899. The first kappa shape index (κ1) is 18.8. The number of benzene rings is 2. The van der Waals surface area contributed by atoms with Gasteiger partial charge in [0.05, 0.1) is 6.04 Å². The molecule has 0 saturated carbocycles. The number of fused-ring (bicyclic) bond motifs is 4. The van der Waals surface area contributed by atoms with Gasteiger partial charge in [0.2, 0.25) is 11.8 Å². The van der Waals surface area contributed by atoms with Crippen LogP contribution in [0.1, 0.15) is 11.1 Å².